The van der Waals surface area contributed by atoms with Crippen LogP contribution in [0.4, 0.5) is 0 Å². The molecule has 2 heteroatoms. The summed E-state index contributed by atoms with van der Waals surface area (Å²) in [4.78, 5) is 0. The number of phenolic OH excluding ortho intramolecular Hbond substituents is 1. The van der Waals surface area contributed by atoms with Crippen LogP contribution in [0.5, 0.6) is 5.75 Å². The van der Waals surface area contributed by atoms with Crippen molar-refractivity contribution in [2.45, 2.75) is 18.9 Å². The maximum atomic E-state index is 9.83. The van der Waals surface area contributed by atoms with E-state index in [1.807, 2.05) is 36.4 Å². The first-order valence-electron chi connectivity index (χ1n) is 7.89. The molecule has 0 aliphatic heterocycles. The maximum Gasteiger partial charge on any atom is 0.118 e. The molecule has 23 heavy (non-hydrogen) atoms. The van der Waals surface area contributed by atoms with Gasteiger partial charge >= 0.3 is 0 Å². The fraction of sp³-hybridized carbons (Fsp3) is 0.143. The van der Waals surface area contributed by atoms with Gasteiger partial charge in [-0.15, -0.1) is 0 Å². The standard InChI is InChI=1S/C21H21NO/c22-20(15-19-8-4-5-9-21(19)23)14-16-10-12-18(13-11-16)17-6-2-1-3-7-17/h1-13,20,23H,14-15,22H2. The quantitative estimate of drug-likeness (QED) is 0.743. The van der Waals surface area contributed by atoms with Crippen LogP contribution in [-0.4, -0.2) is 11.1 Å². The topological polar surface area (TPSA) is 46.2 Å². The maximum absolute atomic E-state index is 9.83. The van der Waals surface area contributed by atoms with E-state index in [9.17, 15) is 5.11 Å². The molecule has 0 radical (unpaired) electrons. The van der Waals surface area contributed by atoms with Gasteiger partial charge in [0, 0.05) is 6.04 Å². The van der Waals surface area contributed by atoms with E-state index in [-0.39, 0.29) is 6.04 Å². The SMILES string of the molecule is NC(Cc1ccc(-c2ccccc2)cc1)Cc1ccccc1O. The van der Waals surface area contributed by atoms with Gasteiger partial charge in [-0.1, -0.05) is 72.8 Å². The van der Waals surface area contributed by atoms with Crippen molar-refractivity contribution < 1.29 is 5.11 Å². The Morgan fingerprint density at radius 1 is 0.696 bits per heavy atom. The Balaban J connectivity index is 1.65. The molecule has 0 fully saturated rings. The van der Waals surface area contributed by atoms with Crippen LogP contribution in [0.3, 0.4) is 0 Å². The first-order chi connectivity index (χ1) is 11.2. The molecule has 0 saturated carbocycles. The number of hydrogen-bond donors (Lipinski definition) is 2. The number of para-hydroxylation sites is 1. The van der Waals surface area contributed by atoms with Crippen LogP contribution < -0.4 is 5.73 Å². The second-order valence-corrected chi connectivity index (χ2v) is 5.86. The molecule has 0 aromatic heterocycles. The fourth-order valence-corrected chi connectivity index (χ4v) is 2.80. The first kappa shape index (κ1) is 15.3. The lowest BCUT2D eigenvalue weighted by Gasteiger charge is -2.13. The van der Waals surface area contributed by atoms with Crippen molar-refractivity contribution in [3.8, 4) is 16.9 Å². The van der Waals surface area contributed by atoms with Crippen molar-refractivity contribution in [1.82, 2.24) is 0 Å². The number of phenols is 1. The van der Waals surface area contributed by atoms with Crippen LogP contribution in [0, 0.1) is 0 Å². The van der Waals surface area contributed by atoms with Crippen molar-refractivity contribution in [3.05, 3.63) is 90.0 Å². The number of rotatable bonds is 5. The van der Waals surface area contributed by atoms with Crippen LogP contribution in [0.2, 0.25) is 0 Å². The van der Waals surface area contributed by atoms with Gasteiger partial charge in [0.2, 0.25) is 0 Å². The summed E-state index contributed by atoms with van der Waals surface area (Å²) >= 11 is 0. The molecule has 3 N–H and O–H groups in total. The van der Waals surface area contributed by atoms with Crippen molar-refractivity contribution >= 4 is 0 Å². The molecule has 116 valence electrons. The van der Waals surface area contributed by atoms with Crippen LogP contribution in [0.1, 0.15) is 11.1 Å². The van der Waals surface area contributed by atoms with E-state index in [2.05, 4.69) is 36.4 Å². The zero-order chi connectivity index (χ0) is 16.1. The predicted molar refractivity (Wildman–Crippen MR) is 95.4 cm³/mol. The first-order valence-corrected chi connectivity index (χ1v) is 7.89. The molecule has 1 unspecified atom stereocenters. The average molecular weight is 303 g/mol. The van der Waals surface area contributed by atoms with E-state index < -0.39 is 0 Å². The van der Waals surface area contributed by atoms with Crippen LogP contribution in [-0.2, 0) is 12.8 Å². The molecular weight excluding hydrogens is 282 g/mol. The number of aromatic hydroxyl groups is 1. The zero-order valence-electron chi connectivity index (χ0n) is 13.0. The van der Waals surface area contributed by atoms with E-state index in [0.29, 0.717) is 12.2 Å². The van der Waals surface area contributed by atoms with E-state index in [1.165, 1.54) is 16.7 Å². The van der Waals surface area contributed by atoms with Gasteiger partial charge in [-0.2, -0.15) is 0 Å². The molecular formula is C21H21NO. The molecule has 0 heterocycles. The Morgan fingerprint density at radius 3 is 2.00 bits per heavy atom. The Morgan fingerprint density at radius 2 is 1.30 bits per heavy atom. The third kappa shape index (κ3) is 3.99. The van der Waals surface area contributed by atoms with E-state index in [0.717, 1.165) is 12.0 Å². The van der Waals surface area contributed by atoms with Gasteiger partial charge in [-0.25, -0.2) is 0 Å². The van der Waals surface area contributed by atoms with Gasteiger partial charge in [0.25, 0.3) is 0 Å². The van der Waals surface area contributed by atoms with Crippen LogP contribution >= 0.6 is 0 Å². The molecule has 0 spiro atoms. The Labute approximate surface area is 137 Å². The van der Waals surface area contributed by atoms with E-state index in [4.69, 9.17) is 5.73 Å². The molecule has 3 aromatic carbocycles. The highest BCUT2D eigenvalue weighted by molar-refractivity contribution is 5.63. The summed E-state index contributed by atoms with van der Waals surface area (Å²) in [5.74, 6) is 0.322. The highest BCUT2D eigenvalue weighted by Crippen LogP contribution is 2.21. The lowest BCUT2D eigenvalue weighted by atomic mass is 9.97. The van der Waals surface area contributed by atoms with Gasteiger partial charge in [0.15, 0.2) is 0 Å². The highest BCUT2D eigenvalue weighted by atomic mass is 16.3. The smallest absolute Gasteiger partial charge is 0.118 e. The van der Waals surface area contributed by atoms with Crippen molar-refractivity contribution in [2.24, 2.45) is 5.73 Å². The Hall–Kier alpha value is -2.58. The lowest BCUT2D eigenvalue weighted by Crippen LogP contribution is -2.25. The summed E-state index contributed by atoms with van der Waals surface area (Å²) in [6.45, 7) is 0. The van der Waals surface area contributed by atoms with Crippen molar-refractivity contribution in [3.63, 3.8) is 0 Å². The molecule has 1 atom stereocenters. The average Bonchev–Trinajstić information content (AvgIpc) is 2.58. The minimum atomic E-state index is -0.00845. The number of hydrogen-bond acceptors (Lipinski definition) is 2. The number of benzene rings is 3. The molecule has 0 bridgehead atoms. The van der Waals surface area contributed by atoms with E-state index >= 15 is 0 Å². The van der Waals surface area contributed by atoms with Crippen molar-refractivity contribution in [1.29, 1.82) is 0 Å². The van der Waals surface area contributed by atoms with Crippen LogP contribution in [0.25, 0.3) is 11.1 Å². The minimum absolute atomic E-state index is 0.00845. The summed E-state index contributed by atoms with van der Waals surface area (Å²) in [7, 11) is 0. The third-order valence-electron chi connectivity index (χ3n) is 4.03. The normalized spacial score (nSPS) is 12.0. The predicted octanol–water partition coefficient (Wildman–Crippen LogP) is 4.17. The summed E-state index contributed by atoms with van der Waals surface area (Å²) in [6, 6.07) is 26.2. The summed E-state index contributed by atoms with van der Waals surface area (Å²) < 4.78 is 0. The second kappa shape index (κ2) is 7.12. The fourth-order valence-electron chi connectivity index (χ4n) is 2.80. The Bertz CT molecular complexity index is 750. The third-order valence-corrected chi connectivity index (χ3v) is 4.03. The van der Waals surface area contributed by atoms with Crippen LogP contribution in [0.15, 0.2) is 78.9 Å². The lowest BCUT2D eigenvalue weighted by molar-refractivity contribution is 0.464. The Kier molecular flexibility index (Phi) is 4.74. The molecule has 0 saturated heterocycles. The zero-order valence-corrected chi connectivity index (χ0v) is 13.0. The molecule has 0 aliphatic rings. The molecule has 2 nitrogen and oxygen atoms in total. The molecule has 3 rings (SSSR count). The molecule has 3 aromatic rings. The highest BCUT2D eigenvalue weighted by Gasteiger charge is 2.08. The monoisotopic (exact) mass is 303 g/mol. The summed E-state index contributed by atoms with van der Waals surface area (Å²) in [6.07, 6.45) is 1.47. The largest absolute Gasteiger partial charge is 0.508 e. The van der Waals surface area contributed by atoms with Gasteiger partial charge in [-0.3, -0.25) is 0 Å². The van der Waals surface area contributed by atoms with Gasteiger partial charge in [-0.05, 0) is 41.2 Å². The van der Waals surface area contributed by atoms with Gasteiger partial charge in [0.1, 0.15) is 5.75 Å². The van der Waals surface area contributed by atoms with Crippen molar-refractivity contribution in [2.75, 3.05) is 0 Å². The van der Waals surface area contributed by atoms with E-state index in [1.54, 1.807) is 6.07 Å². The summed E-state index contributed by atoms with van der Waals surface area (Å²) in [5.41, 5.74) is 10.8. The second-order valence-electron chi connectivity index (χ2n) is 5.86. The molecule has 0 amide bonds. The molecule has 0 aliphatic carbocycles. The summed E-state index contributed by atoms with van der Waals surface area (Å²) in [5, 5.41) is 9.83. The number of nitrogens with two attached hydrogens (primary N) is 1. The minimum Gasteiger partial charge on any atom is -0.508 e. The van der Waals surface area contributed by atoms with Gasteiger partial charge in [0.05, 0.1) is 0 Å². The van der Waals surface area contributed by atoms with Gasteiger partial charge < -0.3 is 10.8 Å².